The lowest BCUT2D eigenvalue weighted by Gasteiger charge is -2.38. The van der Waals surface area contributed by atoms with Crippen LogP contribution in [-0.4, -0.2) is 33.6 Å². The molecule has 0 aliphatic carbocycles. The zero-order valence-corrected chi connectivity index (χ0v) is 13.2. The van der Waals surface area contributed by atoms with Crippen LogP contribution in [0.4, 0.5) is 0 Å². The van der Waals surface area contributed by atoms with E-state index in [2.05, 4.69) is 45.5 Å². The molecule has 15 heavy (non-hydrogen) atoms. The number of thioether (sulfide) groups is 1. The van der Waals surface area contributed by atoms with Crippen molar-refractivity contribution in [3.8, 4) is 0 Å². The molecule has 90 valence electrons. The summed E-state index contributed by atoms with van der Waals surface area (Å²) in [7, 11) is 2.35. The summed E-state index contributed by atoms with van der Waals surface area (Å²) in [5, 5.41) is 2.32. The molecule has 0 fully saturated rings. The summed E-state index contributed by atoms with van der Waals surface area (Å²) in [4.78, 5) is 2.04. The molecule has 2 nitrogen and oxygen atoms in total. The summed E-state index contributed by atoms with van der Waals surface area (Å²) in [6, 6.07) is 0. The van der Waals surface area contributed by atoms with Gasteiger partial charge in [-0.3, -0.25) is 0 Å². The van der Waals surface area contributed by atoms with Crippen molar-refractivity contribution in [1.82, 2.24) is 4.90 Å². The summed E-state index contributed by atoms with van der Waals surface area (Å²) < 4.78 is 6.21. The third-order valence-corrected chi connectivity index (χ3v) is 7.59. The molecule has 0 rings (SSSR count). The van der Waals surface area contributed by atoms with E-state index in [0.717, 1.165) is 5.88 Å². The van der Waals surface area contributed by atoms with Gasteiger partial charge in [0.2, 0.25) is 0 Å². The molecule has 0 aliphatic rings. The molecule has 0 amide bonds. The van der Waals surface area contributed by atoms with E-state index < -0.39 is 8.32 Å². The first-order valence-corrected chi connectivity index (χ1v) is 9.41. The number of nitrogens with zero attached hydrogens (tertiary/aromatic N) is 1. The number of hydrogen-bond donors (Lipinski definition) is 0. The Morgan fingerprint density at radius 3 is 2.00 bits per heavy atom. The fourth-order valence-corrected chi connectivity index (χ4v) is 2.35. The van der Waals surface area contributed by atoms with E-state index >= 15 is 0 Å². The van der Waals surface area contributed by atoms with Crippen molar-refractivity contribution in [2.75, 3.05) is 20.4 Å². The molecule has 0 saturated heterocycles. The second kappa shape index (κ2) is 5.30. The second-order valence-corrected chi connectivity index (χ2v) is 10.9. The van der Waals surface area contributed by atoms with Crippen LogP contribution in [0.2, 0.25) is 18.1 Å². The SMILES string of the molecule is CS/C=C(\O[Si](C)(C)C(C)(C)C)N(C)C. The minimum atomic E-state index is -1.69. The van der Waals surface area contributed by atoms with E-state index in [1.165, 1.54) is 0 Å². The summed E-state index contributed by atoms with van der Waals surface area (Å²) in [6.07, 6.45) is 2.05. The second-order valence-electron chi connectivity index (χ2n) is 5.45. The predicted octanol–water partition coefficient (Wildman–Crippen LogP) is 3.73. The molecule has 0 spiro atoms. The van der Waals surface area contributed by atoms with Crippen molar-refractivity contribution in [3.63, 3.8) is 0 Å². The van der Waals surface area contributed by atoms with Gasteiger partial charge in [-0.05, 0) is 24.4 Å². The van der Waals surface area contributed by atoms with Gasteiger partial charge in [-0.15, -0.1) is 11.8 Å². The van der Waals surface area contributed by atoms with Gasteiger partial charge in [0.1, 0.15) is 0 Å². The highest BCUT2D eigenvalue weighted by Gasteiger charge is 2.39. The van der Waals surface area contributed by atoms with Gasteiger partial charge < -0.3 is 9.33 Å². The van der Waals surface area contributed by atoms with Gasteiger partial charge in [-0.25, -0.2) is 0 Å². The van der Waals surface area contributed by atoms with Gasteiger partial charge in [0.15, 0.2) is 5.88 Å². The standard InChI is InChI=1S/C11H25NOSSi/c1-11(2,3)15(7,8)13-10(9-14-6)12(4)5/h9H,1-8H3/b10-9-. The van der Waals surface area contributed by atoms with Gasteiger partial charge in [-0.1, -0.05) is 20.8 Å². The van der Waals surface area contributed by atoms with Crippen LogP contribution in [0.1, 0.15) is 20.8 Å². The highest BCUT2D eigenvalue weighted by atomic mass is 32.2. The molecule has 0 saturated carbocycles. The van der Waals surface area contributed by atoms with Crippen LogP contribution in [0.3, 0.4) is 0 Å². The molecule has 4 heteroatoms. The van der Waals surface area contributed by atoms with Gasteiger partial charge >= 0.3 is 0 Å². The molecule has 0 aromatic heterocycles. The maximum atomic E-state index is 6.21. The average Bonchev–Trinajstić information content (AvgIpc) is 2.00. The molecule has 0 aromatic rings. The fourth-order valence-electron chi connectivity index (χ4n) is 0.736. The van der Waals surface area contributed by atoms with Crippen LogP contribution >= 0.6 is 11.8 Å². The van der Waals surface area contributed by atoms with Gasteiger partial charge in [0.05, 0.1) is 0 Å². The van der Waals surface area contributed by atoms with Gasteiger partial charge in [0.25, 0.3) is 8.32 Å². The minimum Gasteiger partial charge on any atom is -0.532 e. The van der Waals surface area contributed by atoms with Crippen molar-refractivity contribution < 1.29 is 4.43 Å². The molecule has 0 unspecified atom stereocenters. The Balaban J connectivity index is 4.76. The third kappa shape index (κ3) is 4.51. The molecule has 0 heterocycles. The van der Waals surface area contributed by atoms with Crippen molar-refractivity contribution >= 4 is 20.1 Å². The van der Waals surface area contributed by atoms with Gasteiger partial charge in [0, 0.05) is 19.5 Å². The van der Waals surface area contributed by atoms with Crippen LogP contribution in [0.5, 0.6) is 0 Å². The highest BCUT2D eigenvalue weighted by Crippen LogP contribution is 2.38. The van der Waals surface area contributed by atoms with E-state index in [4.69, 9.17) is 4.43 Å². The number of rotatable bonds is 4. The fraction of sp³-hybridized carbons (Fsp3) is 0.818. The molecule has 0 radical (unpaired) electrons. The zero-order chi connectivity index (χ0) is 12.3. The van der Waals surface area contributed by atoms with Crippen LogP contribution in [0, 0.1) is 0 Å². The minimum absolute atomic E-state index is 0.251. The summed E-state index contributed by atoms with van der Waals surface area (Å²) in [5.74, 6) is 0.981. The maximum absolute atomic E-state index is 6.21. The highest BCUT2D eigenvalue weighted by molar-refractivity contribution is 8.01. The Labute approximate surface area is 100 Å². The molecule has 0 aromatic carbocycles. The molecular weight excluding hydrogens is 222 g/mol. The first-order valence-electron chi connectivity index (χ1n) is 5.21. The Morgan fingerprint density at radius 1 is 1.27 bits per heavy atom. The van der Waals surface area contributed by atoms with Crippen LogP contribution in [-0.2, 0) is 4.43 Å². The Morgan fingerprint density at radius 2 is 1.73 bits per heavy atom. The molecule has 0 aliphatic heterocycles. The van der Waals surface area contributed by atoms with E-state index in [1.54, 1.807) is 11.8 Å². The van der Waals surface area contributed by atoms with Crippen molar-refractivity contribution in [1.29, 1.82) is 0 Å². The monoisotopic (exact) mass is 247 g/mol. The van der Waals surface area contributed by atoms with Crippen molar-refractivity contribution in [2.24, 2.45) is 0 Å². The summed E-state index contributed by atoms with van der Waals surface area (Å²) >= 11 is 1.68. The van der Waals surface area contributed by atoms with E-state index in [9.17, 15) is 0 Å². The molecule has 0 bridgehead atoms. The summed E-state index contributed by atoms with van der Waals surface area (Å²) in [6.45, 7) is 11.3. The van der Waals surface area contributed by atoms with Crippen molar-refractivity contribution in [3.05, 3.63) is 11.3 Å². The Hall–Kier alpha value is -0.0931. The lowest BCUT2D eigenvalue weighted by molar-refractivity contribution is 0.263. The van der Waals surface area contributed by atoms with E-state index in [-0.39, 0.29) is 5.04 Å². The third-order valence-electron chi connectivity index (χ3n) is 2.83. The average molecular weight is 247 g/mol. The smallest absolute Gasteiger partial charge is 0.252 e. The maximum Gasteiger partial charge on any atom is 0.252 e. The Kier molecular flexibility index (Phi) is 5.27. The predicted molar refractivity (Wildman–Crippen MR) is 73.6 cm³/mol. The lowest BCUT2D eigenvalue weighted by Crippen LogP contribution is -2.42. The lowest BCUT2D eigenvalue weighted by atomic mass is 10.2. The van der Waals surface area contributed by atoms with E-state index in [0.29, 0.717) is 0 Å². The zero-order valence-electron chi connectivity index (χ0n) is 11.3. The van der Waals surface area contributed by atoms with Crippen LogP contribution in [0.15, 0.2) is 11.3 Å². The normalized spacial score (nSPS) is 14.0. The molecule has 0 N–H and O–H groups in total. The molecular formula is C11H25NOSSi. The van der Waals surface area contributed by atoms with Gasteiger partial charge in [-0.2, -0.15) is 0 Å². The number of hydrogen-bond acceptors (Lipinski definition) is 3. The summed E-state index contributed by atoms with van der Waals surface area (Å²) in [5.41, 5.74) is 0. The quantitative estimate of drug-likeness (QED) is 0.555. The van der Waals surface area contributed by atoms with Crippen molar-refractivity contribution in [2.45, 2.75) is 38.9 Å². The van der Waals surface area contributed by atoms with E-state index in [1.807, 2.05) is 19.0 Å². The van der Waals surface area contributed by atoms with Crippen LogP contribution in [0.25, 0.3) is 0 Å². The largest absolute Gasteiger partial charge is 0.532 e. The first-order chi connectivity index (χ1) is 6.62. The first kappa shape index (κ1) is 14.9. The topological polar surface area (TPSA) is 12.5 Å². The van der Waals surface area contributed by atoms with Crippen LogP contribution < -0.4 is 0 Å². The Bertz CT molecular complexity index is 231. The molecule has 0 atom stereocenters.